The van der Waals surface area contributed by atoms with Crippen molar-refractivity contribution in [3.63, 3.8) is 0 Å². The molecule has 4 N–H and O–H groups in total. The average Bonchev–Trinajstić information content (AvgIpc) is 4.12. The molecule has 2 fully saturated rings. The highest BCUT2D eigenvalue weighted by Gasteiger charge is 2.38. The Labute approximate surface area is 354 Å². The van der Waals surface area contributed by atoms with Crippen LogP contribution < -0.4 is 5.73 Å². The van der Waals surface area contributed by atoms with E-state index >= 15 is 0 Å². The lowest BCUT2D eigenvalue weighted by molar-refractivity contribution is -0.138. The number of likely N-dealkylation sites (tertiary alicyclic amines) is 2. The minimum absolute atomic E-state index is 0.0605. The van der Waals surface area contributed by atoms with E-state index in [1.165, 1.54) is 0 Å². The number of carbonyl (C=O) groups is 3. The van der Waals surface area contributed by atoms with Gasteiger partial charge in [-0.05, 0) is 78.0 Å². The third kappa shape index (κ3) is 8.92. The highest BCUT2D eigenvalue weighted by molar-refractivity contribution is 7.09. The number of hydrogen-bond acceptors (Lipinski definition) is 8. The predicted molar refractivity (Wildman–Crippen MR) is 234 cm³/mol. The molecular weight excluding hydrogens is 773 g/mol. The highest BCUT2D eigenvalue weighted by atomic mass is 32.1. The fourth-order valence-electron chi connectivity index (χ4n) is 8.83. The summed E-state index contributed by atoms with van der Waals surface area (Å²) in [5.74, 6) is 1.61. The number of primary amides is 1. The summed E-state index contributed by atoms with van der Waals surface area (Å²) in [4.78, 5) is 63.0. The number of carbonyl (C=O) groups excluding carboxylic acids is 3. The number of thiophene rings is 1. The van der Waals surface area contributed by atoms with Gasteiger partial charge in [0.15, 0.2) is 0 Å². The molecule has 0 spiro atoms. The van der Waals surface area contributed by atoms with Crippen LogP contribution in [0.5, 0.6) is 0 Å². The second-order valence-electron chi connectivity index (χ2n) is 15.5. The van der Waals surface area contributed by atoms with Crippen molar-refractivity contribution < 1.29 is 19.1 Å². The molecule has 0 unspecified atom stereocenters. The predicted octanol–water partition coefficient (Wildman–Crippen LogP) is 8.70. The molecule has 3 amide bonds. The van der Waals surface area contributed by atoms with Gasteiger partial charge in [0, 0.05) is 24.4 Å². The van der Waals surface area contributed by atoms with E-state index in [0.717, 1.165) is 94.5 Å². The summed E-state index contributed by atoms with van der Waals surface area (Å²) in [6.07, 6.45) is 6.17. The number of ether oxygens (including phenoxy) is 1. The van der Waals surface area contributed by atoms with Crippen molar-refractivity contribution >= 4 is 29.2 Å². The maximum Gasteiger partial charge on any atom is 0.404 e. The molecule has 4 atom stereocenters. The molecule has 8 rings (SSSR count). The second-order valence-corrected chi connectivity index (χ2v) is 16.6. The Morgan fingerprint density at radius 2 is 1.32 bits per heavy atom. The fourth-order valence-corrected chi connectivity index (χ4v) is 9.60. The van der Waals surface area contributed by atoms with Crippen LogP contribution in [-0.2, 0) is 20.7 Å². The summed E-state index contributed by atoms with van der Waals surface area (Å²) in [5.41, 5.74) is 12.4. The number of likely N-dealkylation sites (N-methyl/N-ethyl adjacent to an activating group) is 1. The largest absolute Gasteiger partial charge is 0.445 e. The summed E-state index contributed by atoms with van der Waals surface area (Å²) in [6.45, 7) is 7.13. The van der Waals surface area contributed by atoms with Gasteiger partial charge in [0.05, 0.1) is 42.3 Å². The van der Waals surface area contributed by atoms with Gasteiger partial charge in [-0.15, -0.1) is 11.3 Å². The lowest BCUT2D eigenvalue weighted by Gasteiger charge is -2.34. The topological polar surface area (TPSA) is 154 Å². The molecule has 2 aliphatic rings. The SMILES string of the molecule is CCN(CC)[C@@H](C(=O)N1CCC[C@H]1c1ncc(-c2ccc(-c3ccc(-c4cnc([C@@H]5CCCN5C(=O)C[C@H](Cc5cccs5)OC(N)=O)[nH]4)cc3)cc2)[nH]1)c1ccccc1. The van der Waals surface area contributed by atoms with Crippen molar-refractivity contribution in [2.45, 2.75) is 76.6 Å². The number of benzene rings is 3. The molecule has 310 valence electrons. The zero-order valence-electron chi connectivity index (χ0n) is 34.1. The van der Waals surface area contributed by atoms with Crippen LogP contribution in [0.1, 0.15) is 86.2 Å². The lowest BCUT2D eigenvalue weighted by Crippen LogP contribution is -2.43. The molecule has 0 radical (unpaired) electrons. The molecule has 6 aromatic rings. The Morgan fingerprint density at radius 3 is 1.85 bits per heavy atom. The number of nitrogens with two attached hydrogens (primary N) is 1. The van der Waals surface area contributed by atoms with Gasteiger partial charge in [-0.3, -0.25) is 14.5 Å². The van der Waals surface area contributed by atoms with Gasteiger partial charge in [-0.2, -0.15) is 0 Å². The Hall–Kier alpha value is -6.05. The molecule has 5 heterocycles. The van der Waals surface area contributed by atoms with Crippen LogP contribution in [0.25, 0.3) is 33.6 Å². The first-order chi connectivity index (χ1) is 29.3. The van der Waals surface area contributed by atoms with Gasteiger partial charge < -0.3 is 30.2 Å². The van der Waals surface area contributed by atoms with E-state index in [1.54, 1.807) is 11.3 Å². The molecule has 0 aliphatic carbocycles. The first-order valence-corrected chi connectivity index (χ1v) is 21.9. The quantitative estimate of drug-likeness (QED) is 0.0937. The van der Waals surface area contributed by atoms with Gasteiger partial charge >= 0.3 is 6.09 Å². The first-order valence-electron chi connectivity index (χ1n) is 21.0. The summed E-state index contributed by atoms with van der Waals surface area (Å²) < 4.78 is 5.34. The number of amides is 3. The minimum atomic E-state index is -0.880. The highest BCUT2D eigenvalue weighted by Crippen LogP contribution is 2.37. The molecule has 2 saturated heterocycles. The molecule has 60 heavy (non-hydrogen) atoms. The summed E-state index contributed by atoms with van der Waals surface area (Å²) in [7, 11) is 0. The summed E-state index contributed by atoms with van der Waals surface area (Å²) >= 11 is 1.56. The third-order valence-corrected chi connectivity index (χ3v) is 12.8. The third-order valence-electron chi connectivity index (χ3n) is 11.9. The van der Waals surface area contributed by atoms with Crippen molar-refractivity contribution in [1.82, 2.24) is 34.6 Å². The van der Waals surface area contributed by atoms with Crippen molar-refractivity contribution in [3.05, 3.63) is 131 Å². The van der Waals surface area contributed by atoms with E-state index in [9.17, 15) is 14.4 Å². The monoisotopic (exact) mass is 824 g/mol. The normalized spacial score (nSPS) is 17.6. The number of rotatable bonds is 15. The number of imidazole rings is 2. The van der Waals surface area contributed by atoms with E-state index in [0.29, 0.717) is 19.5 Å². The van der Waals surface area contributed by atoms with E-state index in [1.807, 2.05) is 57.9 Å². The van der Waals surface area contributed by atoms with E-state index in [-0.39, 0.29) is 36.4 Å². The standard InChI is InChI=1S/C47H52N8O4S/c1-3-53(4-2)43(35-11-6-5-7-12-35)46(57)55-25-9-15-41(55)45-50-30-39(52-45)34-22-18-32(19-23-34)31-16-20-33(21-17-31)38-29-49-44(51-38)40-14-8-24-54(40)42(56)28-36(59-47(48)58)27-37-13-10-26-60-37/h5-7,10-13,16-23,26,29-30,36,40-41,43H,3-4,8-9,14-15,24-25,27-28H2,1-2H3,(H2,48,58)(H,49,51)(H,50,52)/t36-,40-,41-,43+/m0/s1. The molecule has 12 nitrogen and oxygen atoms in total. The first kappa shape index (κ1) is 40.7. The Kier molecular flexibility index (Phi) is 12.5. The molecule has 3 aromatic heterocycles. The number of nitrogens with zero attached hydrogens (tertiary/aromatic N) is 5. The van der Waals surface area contributed by atoms with Crippen molar-refractivity contribution in [2.75, 3.05) is 26.2 Å². The number of aromatic nitrogens is 4. The molecular formula is C47H52N8O4S. The van der Waals surface area contributed by atoms with Crippen LogP contribution in [0.3, 0.4) is 0 Å². The number of H-pyrrole nitrogens is 2. The van der Waals surface area contributed by atoms with E-state index in [2.05, 4.69) is 89.4 Å². The van der Waals surface area contributed by atoms with Gasteiger partial charge in [-0.25, -0.2) is 14.8 Å². The molecule has 0 bridgehead atoms. The van der Waals surface area contributed by atoms with Crippen LogP contribution in [0.15, 0.2) is 109 Å². The smallest absolute Gasteiger partial charge is 0.404 e. The number of hydrogen-bond donors (Lipinski definition) is 3. The Morgan fingerprint density at radius 1 is 0.767 bits per heavy atom. The van der Waals surface area contributed by atoms with Crippen molar-refractivity contribution in [2.24, 2.45) is 5.73 Å². The maximum atomic E-state index is 14.2. The molecule has 3 aromatic carbocycles. The maximum absolute atomic E-state index is 14.2. The van der Waals surface area contributed by atoms with Gasteiger partial charge in [0.1, 0.15) is 23.8 Å². The minimum Gasteiger partial charge on any atom is -0.445 e. The van der Waals surface area contributed by atoms with Gasteiger partial charge in [0.25, 0.3) is 0 Å². The molecule has 13 heteroatoms. The molecule has 0 saturated carbocycles. The second kappa shape index (κ2) is 18.5. The summed E-state index contributed by atoms with van der Waals surface area (Å²) in [6, 6.07) is 30.2. The van der Waals surface area contributed by atoms with E-state index in [4.69, 9.17) is 20.4 Å². The van der Waals surface area contributed by atoms with Crippen LogP contribution in [0.4, 0.5) is 4.79 Å². The van der Waals surface area contributed by atoms with E-state index < -0.39 is 12.2 Å². The lowest BCUT2D eigenvalue weighted by atomic mass is 10.0. The Balaban J connectivity index is 0.908. The average molecular weight is 825 g/mol. The Bertz CT molecular complexity index is 2360. The zero-order chi connectivity index (χ0) is 41.6. The molecule has 2 aliphatic heterocycles. The van der Waals surface area contributed by atoms with Gasteiger partial charge in [-0.1, -0.05) is 98.8 Å². The van der Waals surface area contributed by atoms with Crippen LogP contribution in [0, 0.1) is 0 Å². The van der Waals surface area contributed by atoms with Crippen LogP contribution in [-0.4, -0.2) is 84.8 Å². The fraction of sp³-hybridized carbons (Fsp3) is 0.340. The van der Waals surface area contributed by atoms with Gasteiger partial charge in [0.2, 0.25) is 11.8 Å². The van der Waals surface area contributed by atoms with Crippen LogP contribution in [0.2, 0.25) is 0 Å². The van der Waals surface area contributed by atoms with Crippen molar-refractivity contribution in [1.29, 1.82) is 0 Å². The summed E-state index contributed by atoms with van der Waals surface area (Å²) in [5, 5.41) is 1.96. The van der Waals surface area contributed by atoms with Crippen LogP contribution >= 0.6 is 11.3 Å². The van der Waals surface area contributed by atoms with Crippen molar-refractivity contribution in [3.8, 4) is 33.6 Å². The number of aromatic amines is 2. The number of nitrogens with one attached hydrogen (secondary N) is 2. The zero-order valence-corrected chi connectivity index (χ0v) is 34.9.